The summed E-state index contributed by atoms with van der Waals surface area (Å²) in [7, 11) is 4.04. The standard InChI is InChI=1S/C15H32N2O/c1-7-16-13-8-9-15(3,4)10-14(13)17(5)12(2)11-18-6/h12-14,16H,7-11H2,1-6H3. The maximum atomic E-state index is 5.30. The Balaban J connectivity index is 2.70. The Morgan fingerprint density at radius 2 is 2.11 bits per heavy atom. The molecule has 1 aliphatic carbocycles. The van der Waals surface area contributed by atoms with Crippen molar-refractivity contribution >= 4 is 0 Å². The zero-order valence-electron chi connectivity index (χ0n) is 13.1. The summed E-state index contributed by atoms with van der Waals surface area (Å²) in [5.41, 5.74) is 0.470. The van der Waals surface area contributed by atoms with Gasteiger partial charge in [-0.15, -0.1) is 0 Å². The summed E-state index contributed by atoms with van der Waals surface area (Å²) in [5, 5.41) is 3.67. The average Bonchev–Trinajstić information content (AvgIpc) is 2.31. The summed E-state index contributed by atoms with van der Waals surface area (Å²) >= 11 is 0. The van der Waals surface area contributed by atoms with Crippen molar-refractivity contribution in [1.29, 1.82) is 0 Å². The molecule has 1 fully saturated rings. The summed E-state index contributed by atoms with van der Waals surface area (Å²) in [5.74, 6) is 0. The summed E-state index contributed by atoms with van der Waals surface area (Å²) in [6, 6.07) is 1.74. The molecule has 0 amide bonds. The van der Waals surface area contributed by atoms with Crippen molar-refractivity contribution in [3.05, 3.63) is 0 Å². The van der Waals surface area contributed by atoms with Gasteiger partial charge < -0.3 is 10.1 Å². The van der Waals surface area contributed by atoms with E-state index >= 15 is 0 Å². The second-order valence-corrected chi connectivity index (χ2v) is 6.61. The number of methoxy groups -OCH3 is 1. The smallest absolute Gasteiger partial charge is 0.0615 e. The normalized spacial score (nSPS) is 29.5. The molecule has 18 heavy (non-hydrogen) atoms. The zero-order chi connectivity index (χ0) is 13.8. The van der Waals surface area contributed by atoms with Gasteiger partial charge in [-0.2, -0.15) is 0 Å². The highest BCUT2D eigenvalue weighted by Gasteiger charge is 2.37. The van der Waals surface area contributed by atoms with Crippen LogP contribution in [0.4, 0.5) is 0 Å². The Morgan fingerprint density at radius 3 is 2.67 bits per heavy atom. The fraction of sp³-hybridized carbons (Fsp3) is 1.00. The van der Waals surface area contributed by atoms with E-state index in [-0.39, 0.29) is 0 Å². The Hall–Kier alpha value is -0.120. The highest BCUT2D eigenvalue weighted by molar-refractivity contribution is 4.94. The minimum absolute atomic E-state index is 0.470. The Labute approximate surface area is 113 Å². The van der Waals surface area contributed by atoms with Gasteiger partial charge in [0.15, 0.2) is 0 Å². The highest BCUT2D eigenvalue weighted by atomic mass is 16.5. The van der Waals surface area contributed by atoms with Crippen molar-refractivity contribution in [2.75, 3.05) is 27.3 Å². The van der Waals surface area contributed by atoms with Gasteiger partial charge in [0, 0.05) is 25.2 Å². The molecular formula is C15H32N2O. The topological polar surface area (TPSA) is 24.5 Å². The molecule has 0 saturated heterocycles. The van der Waals surface area contributed by atoms with E-state index in [9.17, 15) is 0 Å². The SMILES string of the molecule is CCNC1CCC(C)(C)CC1N(C)C(C)COC. The van der Waals surface area contributed by atoms with E-state index < -0.39 is 0 Å². The lowest BCUT2D eigenvalue weighted by Gasteiger charge is -2.46. The number of rotatable bonds is 6. The fourth-order valence-corrected chi connectivity index (χ4v) is 3.16. The van der Waals surface area contributed by atoms with Crippen LogP contribution in [0.2, 0.25) is 0 Å². The first-order valence-electron chi connectivity index (χ1n) is 7.35. The summed E-state index contributed by atoms with van der Waals surface area (Å²) < 4.78 is 5.30. The summed E-state index contributed by atoms with van der Waals surface area (Å²) in [6.07, 6.45) is 3.89. The third kappa shape index (κ3) is 4.22. The molecule has 0 aromatic rings. The molecule has 1 rings (SSSR count). The van der Waals surface area contributed by atoms with Crippen LogP contribution < -0.4 is 5.32 Å². The molecule has 3 unspecified atom stereocenters. The van der Waals surface area contributed by atoms with Crippen LogP contribution in [0, 0.1) is 5.41 Å². The van der Waals surface area contributed by atoms with E-state index in [0.717, 1.165) is 13.2 Å². The van der Waals surface area contributed by atoms with Crippen molar-refractivity contribution < 1.29 is 4.74 Å². The highest BCUT2D eigenvalue weighted by Crippen LogP contribution is 2.37. The molecule has 1 N–H and O–H groups in total. The maximum Gasteiger partial charge on any atom is 0.0615 e. The minimum atomic E-state index is 0.470. The molecule has 1 saturated carbocycles. The molecular weight excluding hydrogens is 224 g/mol. The summed E-state index contributed by atoms with van der Waals surface area (Å²) in [6.45, 7) is 11.1. The van der Waals surface area contributed by atoms with Gasteiger partial charge >= 0.3 is 0 Å². The predicted octanol–water partition coefficient (Wildman–Crippen LogP) is 2.51. The fourth-order valence-electron chi connectivity index (χ4n) is 3.16. The van der Waals surface area contributed by atoms with Crippen LogP contribution >= 0.6 is 0 Å². The molecule has 0 spiro atoms. The van der Waals surface area contributed by atoms with Crippen molar-refractivity contribution in [2.45, 2.75) is 65.1 Å². The molecule has 0 aliphatic heterocycles. The molecule has 3 atom stereocenters. The lowest BCUT2D eigenvalue weighted by atomic mass is 9.72. The average molecular weight is 256 g/mol. The minimum Gasteiger partial charge on any atom is -0.383 e. The predicted molar refractivity (Wildman–Crippen MR) is 78.0 cm³/mol. The Bertz CT molecular complexity index is 243. The van der Waals surface area contributed by atoms with E-state index in [0.29, 0.717) is 23.5 Å². The van der Waals surface area contributed by atoms with Crippen LogP contribution in [-0.4, -0.2) is 50.3 Å². The van der Waals surface area contributed by atoms with E-state index in [2.05, 4.69) is 45.0 Å². The van der Waals surface area contributed by atoms with Crippen molar-refractivity contribution in [2.24, 2.45) is 5.41 Å². The molecule has 1 aliphatic rings. The first-order valence-corrected chi connectivity index (χ1v) is 7.35. The van der Waals surface area contributed by atoms with Gasteiger partial charge in [0.1, 0.15) is 0 Å². The van der Waals surface area contributed by atoms with Gasteiger partial charge in [0.05, 0.1) is 6.61 Å². The van der Waals surface area contributed by atoms with Crippen molar-refractivity contribution in [1.82, 2.24) is 10.2 Å². The van der Waals surface area contributed by atoms with Crippen LogP contribution in [0.5, 0.6) is 0 Å². The van der Waals surface area contributed by atoms with Gasteiger partial charge in [-0.25, -0.2) is 0 Å². The van der Waals surface area contributed by atoms with E-state index in [1.165, 1.54) is 19.3 Å². The molecule has 0 heterocycles. The first kappa shape index (κ1) is 15.9. The van der Waals surface area contributed by atoms with E-state index in [4.69, 9.17) is 4.74 Å². The van der Waals surface area contributed by atoms with Crippen LogP contribution in [-0.2, 0) is 4.74 Å². The second-order valence-electron chi connectivity index (χ2n) is 6.61. The number of hydrogen-bond donors (Lipinski definition) is 1. The monoisotopic (exact) mass is 256 g/mol. The molecule has 3 heteroatoms. The van der Waals surface area contributed by atoms with Gasteiger partial charge in [-0.1, -0.05) is 20.8 Å². The van der Waals surface area contributed by atoms with Crippen molar-refractivity contribution in [3.8, 4) is 0 Å². The lowest BCUT2D eigenvalue weighted by molar-refractivity contribution is 0.0311. The summed E-state index contributed by atoms with van der Waals surface area (Å²) in [4.78, 5) is 2.51. The maximum absolute atomic E-state index is 5.30. The van der Waals surface area contributed by atoms with Crippen LogP contribution in [0.3, 0.4) is 0 Å². The van der Waals surface area contributed by atoms with Gasteiger partial charge in [0.2, 0.25) is 0 Å². The largest absolute Gasteiger partial charge is 0.383 e. The molecule has 0 bridgehead atoms. The Kier molecular flexibility index (Phi) is 6.09. The molecule has 0 radical (unpaired) electrons. The van der Waals surface area contributed by atoms with Crippen molar-refractivity contribution in [3.63, 3.8) is 0 Å². The Morgan fingerprint density at radius 1 is 1.44 bits per heavy atom. The lowest BCUT2D eigenvalue weighted by Crippen LogP contribution is -2.56. The second kappa shape index (κ2) is 6.88. The van der Waals surface area contributed by atoms with Crippen LogP contribution in [0.25, 0.3) is 0 Å². The first-order chi connectivity index (χ1) is 8.41. The van der Waals surface area contributed by atoms with Gasteiger partial charge in [-0.3, -0.25) is 4.90 Å². The number of likely N-dealkylation sites (N-methyl/N-ethyl adjacent to an activating group) is 2. The number of ether oxygens (including phenoxy) is 1. The quantitative estimate of drug-likeness (QED) is 0.790. The molecule has 0 aromatic heterocycles. The van der Waals surface area contributed by atoms with E-state index in [1.54, 1.807) is 7.11 Å². The van der Waals surface area contributed by atoms with Gasteiger partial charge in [-0.05, 0) is 45.2 Å². The van der Waals surface area contributed by atoms with Crippen LogP contribution in [0.1, 0.15) is 47.0 Å². The molecule has 0 aromatic carbocycles. The number of nitrogens with one attached hydrogen (secondary N) is 1. The molecule has 3 nitrogen and oxygen atoms in total. The third-order valence-corrected chi connectivity index (χ3v) is 4.45. The van der Waals surface area contributed by atoms with E-state index in [1.807, 2.05) is 0 Å². The third-order valence-electron chi connectivity index (χ3n) is 4.45. The zero-order valence-corrected chi connectivity index (χ0v) is 13.1. The number of nitrogens with zero attached hydrogens (tertiary/aromatic N) is 1. The van der Waals surface area contributed by atoms with Gasteiger partial charge in [0.25, 0.3) is 0 Å². The number of hydrogen-bond acceptors (Lipinski definition) is 3. The van der Waals surface area contributed by atoms with Crippen LogP contribution in [0.15, 0.2) is 0 Å². The molecule has 108 valence electrons.